The van der Waals surface area contributed by atoms with Crippen LogP contribution in [0.15, 0.2) is 65.1 Å². The summed E-state index contributed by atoms with van der Waals surface area (Å²) in [5.74, 6) is -1.58. The van der Waals surface area contributed by atoms with Crippen LogP contribution in [-0.2, 0) is 6.42 Å². The Labute approximate surface area is 258 Å². The highest BCUT2D eigenvalue weighted by atomic mass is 19.1. The van der Waals surface area contributed by atoms with E-state index in [0.717, 1.165) is 48.3 Å². The van der Waals surface area contributed by atoms with E-state index in [-0.39, 0.29) is 17.3 Å². The Bertz CT molecular complexity index is 1600. The summed E-state index contributed by atoms with van der Waals surface area (Å²) in [4.78, 5) is 36.0. The zero-order chi connectivity index (χ0) is 32.8. The first-order chi connectivity index (χ1) is 21.3. The molecule has 8 nitrogen and oxygen atoms in total. The lowest BCUT2D eigenvalue weighted by Gasteiger charge is -2.19. The van der Waals surface area contributed by atoms with Crippen LogP contribution in [0, 0.1) is 16.5 Å². The topological polar surface area (TPSA) is 92.5 Å². The number of hydrogen-bond donors (Lipinski definition) is 1. The molecule has 0 amide bonds. The van der Waals surface area contributed by atoms with Gasteiger partial charge >= 0.3 is 0 Å². The maximum atomic E-state index is 14.9. The number of halogens is 2. The first-order valence-electron chi connectivity index (χ1n) is 15.3. The molecule has 0 saturated heterocycles. The Kier molecular flexibility index (Phi) is 14.5. The van der Waals surface area contributed by atoms with Crippen LogP contribution in [-0.4, -0.2) is 45.6 Å². The van der Waals surface area contributed by atoms with Crippen molar-refractivity contribution in [1.82, 2.24) is 19.4 Å². The van der Waals surface area contributed by atoms with Crippen molar-refractivity contribution in [2.24, 2.45) is 5.18 Å². The molecule has 10 heteroatoms. The smallest absolute Gasteiger partial charge is 0.256 e. The first kappa shape index (κ1) is 35.9. The maximum absolute atomic E-state index is 14.9. The fourth-order valence-corrected chi connectivity index (χ4v) is 4.70. The number of hydrogen-bond acceptors (Lipinski definition) is 7. The van der Waals surface area contributed by atoms with Crippen molar-refractivity contribution in [1.29, 1.82) is 0 Å². The van der Waals surface area contributed by atoms with Gasteiger partial charge in [-0.15, -0.1) is 4.91 Å². The van der Waals surface area contributed by atoms with Gasteiger partial charge in [0.25, 0.3) is 5.56 Å². The minimum atomic E-state index is -0.895. The van der Waals surface area contributed by atoms with E-state index in [1.807, 2.05) is 40.7 Å². The molecule has 2 aromatic carbocycles. The standard InChI is InChI=1S/C30H32F2N6O2.2C2H6/c1-5-20-12-13-21(19(4)36-40)18-23(20)27-22-14-15-26(39)38(28-24(31)10-8-11-25(28)32)29(22)35-30(34-27)33-16-9-17-37(6-2)7-3;2*1-2/h8,10-15,18H,4-7,9,16-17H2,1-3H3,(H,33,34,35);2*1-2H3. The van der Waals surface area contributed by atoms with Gasteiger partial charge in [-0.2, -0.15) is 4.98 Å². The molecular formula is C34H44F2N6O2. The molecule has 4 rings (SSSR count). The number of rotatable bonds is 12. The van der Waals surface area contributed by atoms with Gasteiger partial charge in [-0.05, 0) is 67.5 Å². The third-order valence-electron chi connectivity index (χ3n) is 6.93. The molecule has 0 spiro atoms. The number of nitroso groups, excluding NO2 is 1. The van der Waals surface area contributed by atoms with Gasteiger partial charge in [-0.3, -0.25) is 9.36 Å². The Morgan fingerprint density at radius 3 is 2.23 bits per heavy atom. The summed E-state index contributed by atoms with van der Waals surface area (Å²) in [5.41, 5.74) is 1.48. The van der Waals surface area contributed by atoms with Crippen LogP contribution in [0.25, 0.3) is 33.7 Å². The van der Waals surface area contributed by atoms with Gasteiger partial charge in [0.15, 0.2) is 5.65 Å². The summed E-state index contributed by atoms with van der Waals surface area (Å²) in [6, 6.07) is 11.6. The van der Waals surface area contributed by atoms with Crippen LogP contribution in [0.2, 0.25) is 0 Å². The highest BCUT2D eigenvalue weighted by Gasteiger charge is 2.21. The molecule has 0 aliphatic heterocycles. The molecule has 2 heterocycles. The van der Waals surface area contributed by atoms with Crippen molar-refractivity contribution < 1.29 is 8.78 Å². The number of benzene rings is 2. The molecule has 4 aromatic rings. The average Bonchev–Trinajstić information content (AvgIpc) is 3.06. The summed E-state index contributed by atoms with van der Waals surface area (Å²) in [5, 5.41) is 6.61. The summed E-state index contributed by atoms with van der Waals surface area (Å²) < 4.78 is 30.8. The van der Waals surface area contributed by atoms with Crippen LogP contribution in [0.1, 0.15) is 66.0 Å². The van der Waals surface area contributed by atoms with Gasteiger partial charge in [0.2, 0.25) is 5.95 Å². The van der Waals surface area contributed by atoms with E-state index in [1.54, 1.807) is 18.2 Å². The van der Waals surface area contributed by atoms with Crippen LogP contribution in [0.5, 0.6) is 0 Å². The number of fused-ring (bicyclic) bond motifs is 1. The second-order valence-corrected chi connectivity index (χ2v) is 9.28. The molecule has 44 heavy (non-hydrogen) atoms. The normalized spacial score (nSPS) is 10.5. The van der Waals surface area contributed by atoms with Crippen molar-refractivity contribution in [3.63, 3.8) is 0 Å². The van der Waals surface area contributed by atoms with Gasteiger partial charge in [0, 0.05) is 29.1 Å². The molecule has 1 N–H and O–H groups in total. The maximum Gasteiger partial charge on any atom is 0.256 e. The summed E-state index contributed by atoms with van der Waals surface area (Å²) in [6.07, 6.45) is 1.44. The monoisotopic (exact) mass is 606 g/mol. The average molecular weight is 607 g/mol. The molecule has 0 radical (unpaired) electrons. The first-order valence-corrected chi connectivity index (χ1v) is 15.3. The van der Waals surface area contributed by atoms with E-state index < -0.39 is 22.9 Å². The summed E-state index contributed by atoms with van der Waals surface area (Å²) in [7, 11) is 0. The number of pyridine rings is 1. The number of nitrogens with one attached hydrogen (secondary N) is 1. The number of para-hydroxylation sites is 1. The molecule has 0 saturated carbocycles. The van der Waals surface area contributed by atoms with E-state index in [0.29, 0.717) is 35.2 Å². The van der Waals surface area contributed by atoms with Crippen LogP contribution >= 0.6 is 0 Å². The molecular weight excluding hydrogens is 562 g/mol. The van der Waals surface area contributed by atoms with Gasteiger partial charge in [-0.1, -0.05) is 73.2 Å². The van der Waals surface area contributed by atoms with Gasteiger partial charge in [0.05, 0.1) is 5.69 Å². The third-order valence-corrected chi connectivity index (χ3v) is 6.93. The lowest BCUT2D eigenvalue weighted by atomic mass is 9.96. The number of aryl methyl sites for hydroxylation is 1. The van der Waals surface area contributed by atoms with Crippen molar-refractivity contribution in [3.05, 3.63) is 93.1 Å². The van der Waals surface area contributed by atoms with E-state index >= 15 is 0 Å². The lowest BCUT2D eigenvalue weighted by Crippen LogP contribution is -2.25. The molecule has 0 aliphatic carbocycles. The van der Waals surface area contributed by atoms with Gasteiger partial charge in [0.1, 0.15) is 23.0 Å². The fraction of sp³-hybridized carbons (Fsp3) is 0.382. The summed E-state index contributed by atoms with van der Waals surface area (Å²) in [6.45, 7) is 21.2. The van der Waals surface area contributed by atoms with Crippen LogP contribution in [0.4, 0.5) is 14.7 Å². The van der Waals surface area contributed by atoms with Crippen molar-refractivity contribution in [2.75, 3.05) is 31.5 Å². The van der Waals surface area contributed by atoms with Crippen LogP contribution in [0.3, 0.4) is 0 Å². The Morgan fingerprint density at radius 2 is 1.64 bits per heavy atom. The van der Waals surface area contributed by atoms with E-state index in [2.05, 4.69) is 40.8 Å². The molecule has 236 valence electrons. The fourth-order valence-electron chi connectivity index (χ4n) is 4.70. The second-order valence-electron chi connectivity index (χ2n) is 9.28. The third kappa shape index (κ3) is 8.19. The predicted octanol–water partition coefficient (Wildman–Crippen LogP) is 8.22. The van der Waals surface area contributed by atoms with Crippen molar-refractivity contribution in [2.45, 2.75) is 61.3 Å². The zero-order valence-corrected chi connectivity index (χ0v) is 26.9. The lowest BCUT2D eigenvalue weighted by molar-refractivity contribution is 0.303. The Hall–Kier alpha value is -4.31. The van der Waals surface area contributed by atoms with Crippen molar-refractivity contribution >= 4 is 22.7 Å². The number of nitrogens with zero attached hydrogens (tertiary/aromatic N) is 5. The molecule has 0 fully saturated rings. The quantitative estimate of drug-likeness (QED) is 0.129. The Balaban J connectivity index is 0.00000162. The predicted molar refractivity (Wildman–Crippen MR) is 178 cm³/mol. The minimum Gasteiger partial charge on any atom is -0.354 e. The minimum absolute atomic E-state index is 0.0486. The highest BCUT2D eigenvalue weighted by molar-refractivity contribution is 5.93. The van der Waals surface area contributed by atoms with E-state index in [9.17, 15) is 18.5 Å². The number of aromatic nitrogens is 3. The van der Waals surface area contributed by atoms with E-state index in [1.165, 1.54) is 12.1 Å². The van der Waals surface area contributed by atoms with E-state index in [4.69, 9.17) is 4.98 Å². The van der Waals surface area contributed by atoms with Crippen LogP contribution < -0.4 is 10.9 Å². The zero-order valence-electron chi connectivity index (χ0n) is 26.9. The Morgan fingerprint density at radius 1 is 0.977 bits per heavy atom. The van der Waals surface area contributed by atoms with Gasteiger partial charge in [-0.25, -0.2) is 13.8 Å². The SMILES string of the molecule is C=C(N=O)c1ccc(CC)c(-c2nc(NCCCN(CC)CC)nc3c2ccc(=O)n3-c2c(F)cccc2F)c1.CC.CC. The molecule has 0 aliphatic rings. The number of anilines is 1. The molecule has 0 bridgehead atoms. The molecule has 2 aromatic heterocycles. The highest BCUT2D eigenvalue weighted by Crippen LogP contribution is 2.33. The largest absolute Gasteiger partial charge is 0.354 e. The van der Waals surface area contributed by atoms with Gasteiger partial charge < -0.3 is 10.2 Å². The molecule has 0 unspecified atom stereocenters. The molecule has 0 atom stereocenters. The van der Waals surface area contributed by atoms with Crippen molar-refractivity contribution in [3.8, 4) is 16.9 Å². The second kappa shape index (κ2) is 17.7. The summed E-state index contributed by atoms with van der Waals surface area (Å²) >= 11 is 0.